The molecule has 4 nitrogen and oxygen atoms in total. The lowest BCUT2D eigenvalue weighted by Crippen LogP contribution is -2.37. The minimum absolute atomic E-state index is 0. The number of likely N-dealkylation sites (N-methyl/N-ethyl adjacent to an activating group) is 1. The summed E-state index contributed by atoms with van der Waals surface area (Å²) in [4.78, 5) is 23.2. The van der Waals surface area contributed by atoms with E-state index >= 15 is 0 Å². The summed E-state index contributed by atoms with van der Waals surface area (Å²) in [7, 11) is 4.04. The van der Waals surface area contributed by atoms with Gasteiger partial charge in [-0.2, -0.15) is 0 Å². The first-order valence-electron chi connectivity index (χ1n) is 8.88. The van der Waals surface area contributed by atoms with Crippen molar-refractivity contribution >= 4 is 56.8 Å². The first-order chi connectivity index (χ1) is 12.9. The maximum atomic E-state index is 13.4. The fraction of sp³-hybridized carbons (Fsp3) is 0.333. The van der Waals surface area contributed by atoms with E-state index in [2.05, 4.69) is 30.9 Å². The second kappa shape index (κ2) is 9.74. The van der Waals surface area contributed by atoms with E-state index in [9.17, 15) is 4.79 Å². The Labute approximate surface area is 181 Å². The van der Waals surface area contributed by atoms with Gasteiger partial charge in [-0.25, -0.2) is 4.98 Å². The topological polar surface area (TPSA) is 36.4 Å². The van der Waals surface area contributed by atoms with Gasteiger partial charge in [0.25, 0.3) is 5.91 Å². The Balaban J connectivity index is 0.00000280. The lowest BCUT2D eigenvalue weighted by Gasteiger charge is -2.22. The zero-order valence-electron chi connectivity index (χ0n) is 16.9. The van der Waals surface area contributed by atoms with E-state index in [0.29, 0.717) is 6.54 Å². The number of nitrogens with zero attached hydrogens (tertiary/aromatic N) is 3. The molecule has 1 heterocycles. The first kappa shape index (κ1) is 22.7. The summed E-state index contributed by atoms with van der Waals surface area (Å²) in [5.41, 5.74) is 4.09. The number of thiazole rings is 1. The van der Waals surface area contributed by atoms with Gasteiger partial charge in [-0.3, -0.25) is 9.69 Å². The van der Waals surface area contributed by atoms with Crippen molar-refractivity contribution in [1.29, 1.82) is 0 Å². The van der Waals surface area contributed by atoms with Crippen LogP contribution in [0.1, 0.15) is 21.5 Å². The quantitative estimate of drug-likeness (QED) is 0.494. The van der Waals surface area contributed by atoms with Crippen LogP contribution in [0.3, 0.4) is 0 Å². The summed E-state index contributed by atoms with van der Waals surface area (Å²) >= 11 is 3.19. The van der Waals surface area contributed by atoms with E-state index in [0.717, 1.165) is 37.9 Å². The summed E-state index contributed by atoms with van der Waals surface area (Å²) in [6.07, 6.45) is 2.00. The van der Waals surface area contributed by atoms with Crippen LogP contribution in [0.15, 0.2) is 41.3 Å². The maximum absolute atomic E-state index is 13.4. The van der Waals surface area contributed by atoms with Gasteiger partial charge in [0.1, 0.15) is 0 Å². The van der Waals surface area contributed by atoms with E-state index in [1.165, 1.54) is 5.56 Å². The number of benzene rings is 2. The number of amides is 1. The van der Waals surface area contributed by atoms with Crippen LogP contribution in [-0.4, -0.2) is 49.2 Å². The number of anilines is 1. The van der Waals surface area contributed by atoms with Crippen LogP contribution in [0, 0.1) is 13.8 Å². The highest BCUT2D eigenvalue weighted by Gasteiger charge is 2.23. The Morgan fingerprint density at radius 2 is 1.86 bits per heavy atom. The van der Waals surface area contributed by atoms with Crippen molar-refractivity contribution < 1.29 is 4.79 Å². The molecular formula is C21H26ClN3OS2. The number of aromatic nitrogens is 1. The van der Waals surface area contributed by atoms with Gasteiger partial charge in [0, 0.05) is 18.0 Å². The predicted octanol–water partition coefficient (Wildman–Crippen LogP) is 5.27. The molecule has 150 valence electrons. The molecule has 3 aromatic rings. The highest BCUT2D eigenvalue weighted by Crippen LogP contribution is 2.33. The number of hydrogen-bond donors (Lipinski definition) is 0. The molecule has 28 heavy (non-hydrogen) atoms. The van der Waals surface area contributed by atoms with Gasteiger partial charge in [-0.1, -0.05) is 29.5 Å². The molecule has 0 aliphatic heterocycles. The van der Waals surface area contributed by atoms with E-state index in [4.69, 9.17) is 4.98 Å². The highest BCUT2D eigenvalue weighted by atomic mass is 35.5. The molecule has 0 saturated heterocycles. The lowest BCUT2D eigenvalue weighted by atomic mass is 10.1. The summed E-state index contributed by atoms with van der Waals surface area (Å²) in [6.45, 7) is 5.55. The summed E-state index contributed by atoms with van der Waals surface area (Å²) in [5.74, 6) is 0.00947. The molecule has 0 spiro atoms. The standard InChI is InChI=1S/C21H25N3OS2.ClH/c1-14-12-15(2)19-18(13-14)27-21(22-19)24(11-10-23(3)4)20(25)16-8-6-7-9-17(16)26-5;/h6-9,12-13H,10-11H2,1-5H3;1H. The number of carbonyl (C=O) groups is 1. The number of halogens is 1. The van der Waals surface area contributed by atoms with Crippen LogP contribution < -0.4 is 4.90 Å². The van der Waals surface area contributed by atoms with Gasteiger partial charge in [0.15, 0.2) is 5.13 Å². The average molecular weight is 436 g/mol. The minimum Gasteiger partial charge on any atom is -0.308 e. The predicted molar refractivity (Wildman–Crippen MR) is 125 cm³/mol. The van der Waals surface area contributed by atoms with Gasteiger partial charge in [0.2, 0.25) is 0 Å². The van der Waals surface area contributed by atoms with Crippen molar-refractivity contribution in [2.75, 3.05) is 38.3 Å². The van der Waals surface area contributed by atoms with E-state index in [1.54, 1.807) is 23.1 Å². The van der Waals surface area contributed by atoms with Crippen molar-refractivity contribution in [2.24, 2.45) is 0 Å². The normalized spacial score (nSPS) is 10.9. The number of carbonyl (C=O) groups excluding carboxylic acids is 1. The first-order valence-corrected chi connectivity index (χ1v) is 10.9. The Kier molecular flexibility index (Phi) is 7.89. The molecule has 3 rings (SSSR count). The number of hydrogen-bond acceptors (Lipinski definition) is 5. The van der Waals surface area contributed by atoms with Crippen molar-refractivity contribution in [3.05, 3.63) is 53.1 Å². The third kappa shape index (κ3) is 4.87. The SMILES string of the molecule is CSc1ccccc1C(=O)N(CCN(C)C)c1nc2c(C)cc(C)cc2s1.Cl. The van der Waals surface area contributed by atoms with Gasteiger partial charge in [-0.15, -0.1) is 24.2 Å². The van der Waals surface area contributed by atoms with Crippen molar-refractivity contribution in [3.8, 4) is 0 Å². The lowest BCUT2D eigenvalue weighted by molar-refractivity contribution is 0.0982. The molecule has 0 N–H and O–H groups in total. The molecule has 0 aliphatic carbocycles. The van der Waals surface area contributed by atoms with Gasteiger partial charge in [0.05, 0.1) is 15.8 Å². The number of aryl methyl sites for hydroxylation is 2. The van der Waals surface area contributed by atoms with Crippen LogP contribution in [0.2, 0.25) is 0 Å². The monoisotopic (exact) mass is 435 g/mol. The van der Waals surface area contributed by atoms with Gasteiger partial charge >= 0.3 is 0 Å². The second-order valence-corrected chi connectivity index (χ2v) is 8.74. The van der Waals surface area contributed by atoms with Crippen LogP contribution in [0.25, 0.3) is 10.2 Å². The molecular weight excluding hydrogens is 410 g/mol. The molecule has 1 amide bonds. The molecule has 0 unspecified atom stereocenters. The minimum atomic E-state index is 0. The van der Waals surface area contributed by atoms with Gasteiger partial charge in [-0.05, 0) is 63.5 Å². The molecule has 2 aromatic carbocycles. The van der Waals surface area contributed by atoms with Crippen molar-refractivity contribution in [2.45, 2.75) is 18.7 Å². The third-order valence-electron chi connectivity index (χ3n) is 4.40. The number of fused-ring (bicyclic) bond motifs is 1. The van der Waals surface area contributed by atoms with Crippen molar-refractivity contribution in [1.82, 2.24) is 9.88 Å². The Bertz CT molecular complexity index is 971. The van der Waals surface area contributed by atoms with Crippen molar-refractivity contribution in [3.63, 3.8) is 0 Å². The average Bonchev–Trinajstić information content (AvgIpc) is 3.05. The molecule has 1 aromatic heterocycles. The van der Waals surface area contributed by atoms with Crippen LogP contribution in [-0.2, 0) is 0 Å². The smallest absolute Gasteiger partial charge is 0.261 e. The molecule has 0 radical (unpaired) electrons. The van der Waals surface area contributed by atoms with Gasteiger partial charge < -0.3 is 4.90 Å². The van der Waals surface area contributed by atoms with Crippen LogP contribution >= 0.6 is 35.5 Å². The Morgan fingerprint density at radius 3 is 2.54 bits per heavy atom. The highest BCUT2D eigenvalue weighted by molar-refractivity contribution is 7.98. The third-order valence-corrected chi connectivity index (χ3v) is 6.22. The summed E-state index contributed by atoms with van der Waals surface area (Å²) in [5, 5.41) is 0.765. The van der Waals surface area contributed by atoms with E-state index in [1.807, 2.05) is 49.5 Å². The zero-order chi connectivity index (χ0) is 19.6. The largest absolute Gasteiger partial charge is 0.308 e. The Hall–Kier alpha value is -1.60. The molecule has 0 fully saturated rings. The fourth-order valence-electron chi connectivity index (χ4n) is 3.03. The van der Waals surface area contributed by atoms with Crippen LogP contribution in [0.4, 0.5) is 5.13 Å². The second-order valence-electron chi connectivity index (χ2n) is 6.89. The van der Waals surface area contributed by atoms with Crippen LogP contribution in [0.5, 0.6) is 0 Å². The summed E-state index contributed by atoms with van der Waals surface area (Å²) in [6, 6.07) is 12.1. The van der Waals surface area contributed by atoms with E-state index in [-0.39, 0.29) is 18.3 Å². The molecule has 0 atom stereocenters. The molecule has 0 aliphatic rings. The summed E-state index contributed by atoms with van der Waals surface area (Å²) < 4.78 is 1.13. The number of thioether (sulfide) groups is 1. The Morgan fingerprint density at radius 1 is 1.14 bits per heavy atom. The molecule has 0 bridgehead atoms. The fourth-order valence-corrected chi connectivity index (χ4v) is 4.78. The van der Waals surface area contributed by atoms with E-state index < -0.39 is 0 Å². The zero-order valence-corrected chi connectivity index (χ0v) is 19.3. The molecule has 7 heteroatoms. The molecule has 0 saturated carbocycles. The number of rotatable bonds is 6. The maximum Gasteiger partial charge on any atom is 0.261 e.